The van der Waals surface area contributed by atoms with Crippen LogP contribution >= 0.6 is 0 Å². The summed E-state index contributed by atoms with van der Waals surface area (Å²) in [6.45, 7) is 0. The van der Waals surface area contributed by atoms with Gasteiger partial charge >= 0.3 is 11.4 Å². The quantitative estimate of drug-likeness (QED) is 0.429. The van der Waals surface area contributed by atoms with Crippen molar-refractivity contribution in [1.82, 2.24) is 24.4 Å². The molecule has 158 valence electrons. The Balaban J connectivity index is 0.00000256. The van der Waals surface area contributed by atoms with Gasteiger partial charge in [-0.2, -0.15) is 0 Å². The monoisotopic (exact) mass is 415 g/mol. The minimum Gasteiger partial charge on any atom is -0.860 e. The predicted octanol–water partition coefficient (Wildman–Crippen LogP) is -0.783. The first-order valence-corrected chi connectivity index (χ1v) is 8.70. The van der Waals surface area contributed by atoms with Crippen molar-refractivity contribution in [2.45, 2.75) is 5.92 Å². The summed E-state index contributed by atoms with van der Waals surface area (Å²) < 4.78 is 9.49. The van der Waals surface area contributed by atoms with Gasteiger partial charge in [-0.05, 0) is 11.9 Å². The lowest BCUT2D eigenvalue weighted by Gasteiger charge is -2.31. The molecular weight excluding hydrogens is 394 g/mol. The number of aromatic nitrogens is 4. The van der Waals surface area contributed by atoms with E-state index in [1.165, 1.54) is 28.2 Å². The van der Waals surface area contributed by atoms with Gasteiger partial charge in [0.25, 0.3) is 11.1 Å². The molecule has 3 heterocycles. The first-order chi connectivity index (χ1) is 13.7. The van der Waals surface area contributed by atoms with Crippen LogP contribution in [0, 0.1) is 0 Å². The Morgan fingerprint density at radius 2 is 1.33 bits per heavy atom. The molecule has 11 heteroatoms. The van der Waals surface area contributed by atoms with E-state index in [1.54, 1.807) is 24.3 Å². The fourth-order valence-corrected chi connectivity index (χ4v) is 3.69. The number of hydrogen-bond donors (Lipinski definition) is 1. The maximum Gasteiger partial charge on any atom is 0.333 e. The fraction of sp³-hybridized carbons (Fsp3) is 0.263. The molecule has 0 radical (unpaired) electrons. The van der Waals surface area contributed by atoms with Gasteiger partial charge in [0.05, 0.1) is 11.5 Å². The second-order valence-corrected chi connectivity index (χ2v) is 6.92. The topological polar surface area (TPSA) is 157 Å². The van der Waals surface area contributed by atoms with Crippen molar-refractivity contribution >= 4 is 0 Å². The molecule has 30 heavy (non-hydrogen) atoms. The summed E-state index contributed by atoms with van der Waals surface area (Å²) in [5.74, 6) is -1.64. The zero-order valence-corrected chi connectivity index (χ0v) is 17.1. The molecule has 0 bridgehead atoms. The first kappa shape index (κ1) is 20.9. The average Bonchev–Trinajstić information content (AvgIpc) is 2.73. The second kappa shape index (κ2) is 6.88. The SMILES string of the molecule is Cn1c([O-])c(C2c3ccccc3Oc3c2c(=O)n(C)c(=O)n3C)c(=O)n(C)c1=O.[NH4+]. The molecule has 4 rings (SSSR count). The van der Waals surface area contributed by atoms with Gasteiger partial charge in [-0.25, -0.2) is 9.59 Å². The van der Waals surface area contributed by atoms with Crippen molar-refractivity contribution in [2.75, 3.05) is 0 Å². The molecule has 0 aliphatic carbocycles. The van der Waals surface area contributed by atoms with Gasteiger partial charge in [0.1, 0.15) is 5.75 Å². The number of benzene rings is 1. The van der Waals surface area contributed by atoms with E-state index in [-0.39, 0.29) is 23.2 Å². The molecule has 1 atom stereocenters. The number of fused-ring (bicyclic) bond motifs is 2. The molecule has 4 N–H and O–H groups in total. The fourth-order valence-electron chi connectivity index (χ4n) is 3.69. The predicted molar refractivity (Wildman–Crippen MR) is 107 cm³/mol. The minimum absolute atomic E-state index is 0. The standard InChI is InChI=1S/C19H18N4O6.H3N/c1-20-14(24)12(15(25)21(2)18(20)27)11-9-7-5-6-8-10(9)29-17-13(11)16(26)22(3)19(28)23(17)4;/h5-8,11,24H,1-4H3;1H3. The normalized spacial score (nSPS) is 14.3. The summed E-state index contributed by atoms with van der Waals surface area (Å²) in [5.41, 5.74) is -2.72. The van der Waals surface area contributed by atoms with E-state index in [1.807, 2.05) is 0 Å². The smallest absolute Gasteiger partial charge is 0.333 e. The Bertz CT molecular complexity index is 1400. The third-order valence-electron chi connectivity index (χ3n) is 5.30. The highest BCUT2D eigenvalue weighted by Crippen LogP contribution is 2.45. The van der Waals surface area contributed by atoms with Crippen LogP contribution in [0.15, 0.2) is 43.4 Å². The molecule has 11 nitrogen and oxygen atoms in total. The van der Waals surface area contributed by atoms with Crippen LogP contribution in [0.4, 0.5) is 0 Å². The lowest BCUT2D eigenvalue weighted by molar-refractivity contribution is -0.281. The Morgan fingerprint density at radius 3 is 1.97 bits per heavy atom. The number of rotatable bonds is 1. The van der Waals surface area contributed by atoms with Crippen molar-refractivity contribution in [3.8, 4) is 17.5 Å². The minimum atomic E-state index is -1.10. The molecule has 1 aliphatic rings. The molecule has 0 amide bonds. The average molecular weight is 415 g/mol. The van der Waals surface area contributed by atoms with Gasteiger partial charge in [0.15, 0.2) is 0 Å². The largest absolute Gasteiger partial charge is 0.860 e. The van der Waals surface area contributed by atoms with Crippen LogP contribution in [0.25, 0.3) is 0 Å². The maximum atomic E-state index is 13.0. The molecule has 0 spiro atoms. The van der Waals surface area contributed by atoms with Gasteiger partial charge in [0.2, 0.25) is 5.88 Å². The van der Waals surface area contributed by atoms with E-state index in [4.69, 9.17) is 4.74 Å². The van der Waals surface area contributed by atoms with Gasteiger partial charge in [0, 0.05) is 39.3 Å². The highest BCUT2D eigenvalue weighted by Gasteiger charge is 2.36. The van der Waals surface area contributed by atoms with E-state index in [0.29, 0.717) is 11.3 Å². The van der Waals surface area contributed by atoms with Gasteiger partial charge in [-0.3, -0.25) is 23.3 Å². The zero-order valence-electron chi connectivity index (χ0n) is 17.1. The van der Waals surface area contributed by atoms with Crippen molar-refractivity contribution in [3.05, 3.63) is 82.6 Å². The summed E-state index contributed by atoms with van der Waals surface area (Å²) in [7, 11) is 5.26. The molecule has 0 fully saturated rings. The Hall–Kier alpha value is -3.86. The Kier molecular flexibility index (Phi) is 4.79. The Morgan fingerprint density at radius 1 is 0.800 bits per heavy atom. The number of para-hydroxylation sites is 1. The van der Waals surface area contributed by atoms with E-state index in [9.17, 15) is 24.3 Å². The highest BCUT2D eigenvalue weighted by molar-refractivity contribution is 5.57. The maximum absolute atomic E-state index is 13.0. The molecule has 1 aromatic carbocycles. The lowest BCUT2D eigenvalue weighted by Crippen LogP contribution is -2.44. The van der Waals surface area contributed by atoms with Crippen LogP contribution in [0.3, 0.4) is 0 Å². The molecule has 0 saturated heterocycles. The molecule has 0 saturated carbocycles. The van der Waals surface area contributed by atoms with Crippen LogP contribution in [0.5, 0.6) is 17.5 Å². The summed E-state index contributed by atoms with van der Waals surface area (Å²) in [6.07, 6.45) is 0. The van der Waals surface area contributed by atoms with Crippen LogP contribution in [0.1, 0.15) is 22.6 Å². The summed E-state index contributed by atoms with van der Waals surface area (Å²) >= 11 is 0. The van der Waals surface area contributed by atoms with Crippen molar-refractivity contribution in [2.24, 2.45) is 28.2 Å². The number of nitrogens with zero attached hydrogens (tertiary/aromatic N) is 4. The number of ether oxygens (including phenoxy) is 1. The summed E-state index contributed by atoms with van der Waals surface area (Å²) in [5, 5.41) is 13.0. The summed E-state index contributed by atoms with van der Waals surface area (Å²) in [6, 6.07) is 6.63. The van der Waals surface area contributed by atoms with Gasteiger partial charge in [-0.1, -0.05) is 18.2 Å². The van der Waals surface area contributed by atoms with Crippen LogP contribution < -0.4 is 38.5 Å². The molecule has 1 unspecified atom stereocenters. The van der Waals surface area contributed by atoms with Gasteiger partial charge < -0.3 is 20.6 Å². The molecule has 1 aliphatic heterocycles. The first-order valence-electron chi connectivity index (χ1n) is 8.70. The highest BCUT2D eigenvalue weighted by atomic mass is 16.5. The third-order valence-corrected chi connectivity index (χ3v) is 5.30. The van der Waals surface area contributed by atoms with E-state index < -0.39 is 34.3 Å². The number of quaternary nitrogens is 1. The van der Waals surface area contributed by atoms with Crippen molar-refractivity contribution in [3.63, 3.8) is 0 Å². The molecule has 3 aromatic rings. The van der Waals surface area contributed by atoms with Crippen LogP contribution in [-0.4, -0.2) is 18.3 Å². The van der Waals surface area contributed by atoms with Gasteiger partial charge in [-0.15, -0.1) is 0 Å². The lowest BCUT2D eigenvalue weighted by atomic mass is 9.84. The van der Waals surface area contributed by atoms with Crippen molar-refractivity contribution in [1.29, 1.82) is 0 Å². The van der Waals surface area contributed by atoms with E-state index >= 15 is 0 Å². The van der Waals surface area contributed by atoms with Crippen molar-refractivity contribution < 1.29 is 9.84 Å². The molecule has 2 aromatic heterocycles. The second-order valence-electron chi connectivity index (χ2n) is 6.92. The van der Waals surface area contributed by atoms with Crippen LogP contribution in [-0.2, 0) is 28.2 Å². The summed E-state index contributed by atoms with van der Waals surface area (Å²) in [4.78, 5) is 50.5. The number of hydrogen-bond acceptors (Lipinski definition) is 6. The van der Waals surface area contributed by atoms with E-state index in [0.717, 1.165) is 18.3 Å². The molecular formula is C19H21N5O6. The Labute approximate surface area is 169 Å². The third kappa shape index (κ3) is 2.55. The van der Waals surface area contributed by atoms with Crippen LogP contribution in [0.2, 0.25) is 0 Å². The van der Waals surface area contributed by atoms with E-state index in [2.05, 4.69) is 0 Å². The zero-order chi connectivity index (χ0) is 21.2.